The maximum absolute atomic E-state index is 8.46. The second-order valence-electron chi connectivity index (χ2n) is 1.64. The Labute approximate surface area is 61.0 Å². The van der Waals surface area contributed by atoms with Crippen molar-refractivity contribution >= 4 is 0 Å². The molecule has 9 heavy (non-hydrogen) atoms. The number of hydrogen-bond donors (Lipinski definition) is 0. The van der Waals surface area contributed by atoms with Crippen molar-refractivity contribution in [3.8, 4) is 0 Å². The van der Waals surface area contributed by atoms with Gasteiger partial charge in [0.15, 0.2) is 0 Å². The van der Waals surface area contributed by atoms with Crippen LogP contribution >= 0.6 is 0 Å². The molecular formula is C4H12O4Ru+2. The van der Waals surface area contributed by atoms with Gasteiger partial charge in [0.05, 0.1) is 0 Å². The van der Waals surface area contributed by atoms with Crippen molar-refractivity contribution in [2.75, 3.05) is 0 Å². The van der Waals surface area contributed by atoms with Crippen LogP contribution in [0.5, 0.6) is 0 Å². The predicted octanol–water partition coefficient (Wildman–Crippen LogP) is -1.03. The Morgan fingerprint density at radius 2 is 1.22 bits per heavy atom. The first-order valence-electron chi connectivity index (χ1n) is 2.35. The summed E-state index contributed by atoms with van der Waals surface area (Å²) in [6, 6.07) is 0. The van der Waals surface area contributed by atoms with Gasteiger partial charge in [0, 0.05) is 13.8 Å². The van der Waals surface area contributed by atoms with Gasteiger partial charge in [-0.1, -0.05) is 0 Å². The molecule has 0 saturated carbocycles. The van der Waals surface area contributed by atoms with Crippen molar-refractivity contribution in [1.82, 2.24) is 0 Å². The van der Waals surface area contributed by atoms with Crippen molar-refractivity contribution in [2.24, 2.45) is 0 Å². The van der Waals surface area contributed by atoms with E-state index in [1.807, 2.05) is 0 Å². The third kappa shape index (κ3) is 17.9. The van der Waals surface area contributed by atoms with Crippen LogP contribution in [0.1, 0.15) is 13.8 Å². The van der Waals surface area contributed by atoms with Gasteiger partial charge in [-0.3, -0.25) is 0 Å². The van der Waals surface area contributed by atoms with Crippen molar-refractivity contribution < 1.29 is 34.4 Å². The summed E-state index contributed by atoms with van der Waals surface area (Å²) in [5.74, 6) is 0. The summed E-state index contributed by atoms with van der Waals surface area (Å²) in [5.41, 5.74) is 0. The van der Waals surface area contributed by atoms with Crippen LogP contribution < -0.4 is 0 Å². The van der Waals surface area contributed by atoms with Gasteiger partial charge in [-0.25, -0.2) is 0 Å². The molecule has 0 saturated heterocycles. The molecule has 0 bridgehead atoms. The van der Waals surface area contributed by atoms with E-state index >= 15 is 0 Å². The molecule has 0 aliphatic carbocycles. The second-order valence-corrected chi connectivity index (χ2v) is 1.93. The Morgan fingerprint density at radius 1 is 1.11 bits per heavy atom. The fourth-order valence-corrected chi connectivity index (χ4v) is 0. The zero-order valence-corrected chi connectivity index (χ0v) is 7.06. The zero-order valence-electron chi connectivity index (χ0n) is 5.32. The minimum atomic E-state index is -1.79. The molecule has 4 N–H and O–H groups in total. The summed E-state index contributed by atoms with van der Waals surface area (Å²) in [6.07, 6.45) is -0.463. The Balaban J connectivity index is 0. The Morgan fingerprint density at radius 3 is 1.22 bits per heavy atom. The van der Waals surface area contributed by atoms with Crippen molar-refractivity contribution in [2.45, 2.75) is 26.1 Å². The van der Waals surface area contributed by atoms with Gasteiger partial charge < -0.3 is 10.2 Å². The van der Waals surface area contributed by atoms with Crippen LogP contribution in [0.15, 0.2) is 0 Å². The van der Waals surface area contributed by atoms with Crippen molar-refractivity contribution in [3.05, 3.63) is 0 Å². The molecule has 0 aromatic carbocycles. The first kappa shape index (κ1) is 11.9. The quantitative estimate of drug-likeness (QED) is 0.422. The third-order valence-corrected chi connectivity index (χ3v) is 0.750. The van der Waals surface area contributed by atoms with E-state index in [1.54, 1.807) is 13.8 Å². The molecule has 0 aliphatic rings. The van der Waals surface area contributed by atoms with E-state index in [4.69, 9.17) is 17.4 Å². The standard InChI is InChI=1S/C4H10O2.2O.Ru/c1-3(5)4(2)6;;;/h3-6H,1-2H3;;;/p+2. The summed E-state index contributed by atoms with van der Waals surface area (Å²) in [6.45, 7) is 3.44. The molecule has 5 heteroatoms. The fourth-order valence-electron chi connectivity index (χ4n) is 0. The van der Waals surface area contributed by atoms with Crippen molar-refractivity contribution in [3.63, 3.8) is 0 Å². The third-order valence-electron chi connectivity index (χ3n) is 0.750. The molecule has 2 atom stereocenters. The van der Waals surface area contributed by atoms with E-state index in [0.29, 0.717) is 0 Å². The van der Waals surface area contributed by atoms with Crippen LogP contribution in [0.25, 0.3) is 0 Å². The molecule has 0 rings (SSSR count). The van der Waals surface area contributed by atoms with Crippen LogP contribution in [0.2, 0.25) is 0 Å². The Kier molecular flexibility index (Phi) is 10.8. The van der Waals surface area contributed by atoms with Gasteiger partial charge in [0.1, 0.15) is 0 Å². The summed E-state index contributed by atoms with van der Waals surface area (Å²) >= 11 is -1.79. The first-order valence-corrected chi connectivity index (χ1v) is 3.77. The molecule has 58 valence electrons. The molecule has 0 aromatic rings. The molecule has 4 nitrogen and oxygen atoms in total. The van der Waals surface area contributed by atoms with E-state index in [1.165, 1.54) is 0 Å². The Bertz CT molecular complexity index is 78.6. The minimum absolute atomic E-state index is 0.231. The summed E-state index contributed by atoms with van der Waals surface area (Å²) in [4.78, 5) is 0. The SMILES string of the molecule is CC([OH2+])C(C)[OH2+].[O]=[Ru]=[O]. The van der Waals surface area contributed by atoms with Gasteiger partial charge in [-0.05, 0) is 0 Å². The number of hydrogen-bond acceptors (Lipinski definition) is 2. The molecule has 0 spiro atoms. The summed E-state index contributed by atoms with van der Waals surface area (Å²) < 4.78 is 16.9. The average molecular weight is 225 g/mol. The zero-order chi connectivity index (χ0) is 7.86. The second kappa shape index (κ2) is 8.14. The van der Waals surface area contributed by atoms with Crippen LogP contribution in [-0.4, -0.2) is 22.4 Å². The molecule has 0 radical (unpaired) electrons. The molecular weight excluding hydrogens is 213 g/mol. The van der Waals surface area contributed by atoms with E-state index in [0.717, 1.165) is 0 Å². The van der Waals surface area contributed by atoms with Crippen molar-refractivity contribution in [1.29, 1.82) is 0 Å². The maximum atomic E-state index is 8.46. The van der Waals surface area contributed by atoms with Gasteiger partial charge in [-0.2, -0.15) is 0 Å². The number of rotatable bonds is 1. The monoisotopic (exact) mass is 226 g/mol. The molecule has 0 amide bonds. The predicted molar refractivity (Wildman–Crippen MR) is 27.5 cm³/mol. The van der Waals surface area contributed by atoms with Crippen LogP contribution in [-0.2, 0) is 24.2 Å². The normalized spacial score (nSPS) is 15.1. The van der Waals surface area contributed by atoms with Crippen LogP contribution in [0, 0.1) is 0 Å². The van der Waals surface area contributed by atoms with Gasteiger partial charge >= 0.3 is 24.2 Å². The van der Waals surface area contributed by atoms with E-state index in [2.05, 4.69) is 0 Å². The van der Waals surface area contributed by atoms with Crippen LogP contribution in [0.4, 0.5) is 0 Å². The summed E-state index contributed by atoms with van der Waals surface area (Å²) in [7, 11) is 0. The fraction of sp³-hybridized carbons (Fsp3) is 1.00. The topological polar surface area (TPSA) is 79.9 Å². The Hall–Kier alpha value is 0.143. The van der Waals surface area contributed by atoms with E-state index in [9.17, 15) is 0 Å². The van der Waals surface area contributed by atoms with Gasteiger partial charge in [-0.15, -0.1) is 0 Å². The van der Waals surface area contributed by atoms with Gasteiger partial charge in [0.2, 0.25) is 12.2 Å². The molecule has 0 aromatic heterocycles. The molecule has 0 heterocycles. The average Bonchev–Trinajstić information content (AvgIpc) is 1.68. The summed E-state index contributed by atoms with van der Waals surface area (Å²) in [5, 5.41) is 13.7. The van der Waals surface area contributed by atoms with Crippen LogP contribution in [0.3, 0.4) is 0 Å². The first-order chi connectivity index (χ1) is 4.06. The molecule has 0 fully saturated rings. The van der Waals surface area contributed by atoms with E-state index in [-0.39, 0.29) is 12.2 Å². The molecule has 0 aliphatic heterocycles. The van der Waals surface area contributed by atoms with Gasteiger partial charge in [0.25, 0.3) is 0 Å². The van der Waals surface area contributed by atoms with E-state index < -0.39 is 17.0 Å². The molecule has 2 unspecified atom stereocenters.